The molecular formula is C16H24N4O. The fourth-order valence-electron chi connectivity index (χ4n) is 3.00. The summed E-state index contributed by atoms with van der Waals surface area (Å²) in [7, 11) is 3.63. The van der Waals surface area contributed by atoms with Gasteiger partial charge < -0.3 is 4.74 Å². The van der Waals surface area contributed by atoms with Crippen LogP contribution in [0, 0.1) is 27.7 Å². The van der Waals surface area contributed by atoms with Crippen LogP contribution in [-0.2, 0) is 7.05 Å². The van der Waals surface area contributed by atoms with E-state index in [1.807, 2.05) is 24.7 Å². The fraction of sp³-hybridized carbons (Fsp3) is 0.438. The zero-order valence-electron chi connectivity index (χ0n) is 13.6. The molecule has 0 amide bonds. The molecular weight excluding hydrogens is 264 g/mol. The second-order valence-electron chi connectivity index (χ2n) is 5.51. The summed E-state index contributed by atoms with van der Waals surface area (Å²) >= 11 is 0. The predicted octanol–water partition coefficient (Wildman–Crippen LogP) is 2.22. The summed E-state index contributed by atoms with van der Waals surface area (Å²) in [6.07, 6.45) is 0. The summed E-state index contributed by atoms with van der Waals surface area (Å²) < 4.78 is 7.46. The Morgan fingerprint density at radius 2 is 1.86 bits per heavy atom. The molecule has 2 aromatic rings. The van der Waals surface area contributed by atoms with Gasteiger partial charge in [0.25, 0.3) is 0 Å². The topological polar surface area (TPSA) is 65.1 Å². The van der Waals surface area contributed by atoms with E-state index in [0.29, 0.717) is 0 Å². The minimum Gasteiger partial charge on any atom is -0.496 e. The van der Waals surface area contributed by atoms with Gasteiger partial charge in [-0.25, -0.2) is 5.43 Å². The molecule has 0 saturated carbocycles. The molecule has 0 fully saturated rings. The number of hydrogen-bond donors (Lipinski definition) is 2. The van der Waals surface area contributed by atoms with Crippen molar-refractivity contribution < 1.29 is 4.74 Å². The van der Waals surface area contributed by atoms with E-state index >= 15 is 0 Å². The fourth-order valence-corrected chi connectivity index (χ4v) is 3.00. The quantitative estimate of drug-likeness (QED) is 0.669. The van der Waals surface area contributed by atoms with E-state index in [1.54, 1.807) is 7.11 Å². The summed E-state index contributed by atoms with van der Waals surface area (Å²) in [4.78, 5) is 0. The molecule has 114 valence electrons. The third-order valence-corrected chi connectivity index (χ3v) is 4.02. The summed E-state index contributed by atoms with van der Waals surface area (Å²) in [5, 5.41) is 4.49. The molecule has 1 heterocycles. The maximum Gasteiger partial charge on any atom is 0.124 e. The van der Waals surface area contributed by atoms with Crippen LogP contribution in [-0.4, -0.2) is 16.9 Å². The number of aryl methyl sites for hydroxylation is 4. The van der Waals surface area contributed by atoms with Gasteiger partial charge in [-0.15, -0.1) is 0 Å². The van der Waals surface area contributed by atoms with Crippen LogP contribution in [0.3, 0.4) is 0 Å². The number of ether oxygens (including phenoxy) is 1. The third kappa shape index (κ3) is 2.66. The molecule has 0 bridgehead atoms. The highest BCUT2D eigenvalue weighted by Crippen LogP contribution is 2.35. The highest BCUT2D eigenvalue weighted by molar-refractivity contribution is 5.50. The number of nitrogens with one attached hydrogen (secondary N) is 1. The summed E-state index contributed by atoms with van der Waals surface area (Å²) in [5.74, 6) is 6.72. The Morgan fingerprint density at radius 3 is 2.33 bits per heavy atom. The second-order valence-corrected chi connectivity index (χ2v) is 5.51. The van der Waals surface area contributed by atoms with Crippen molar-refractivity contribution in [2.24, 2.45) is 12.9 Å². The molecule has 0 aliphatic carbocycles. The maximum atomic E-state index is 5.87. The third-order valence-electron chi connectivity index (χ3n) is 4.02. The van der Waals surface area contributed by atoms with Gasteiger partial charge in [-0.3, -0.25) is 10.5 Å². The van der Waals surface area contributed by atoms with Crippen LogP contribution >= 0.6 is 0 Å². The molecule has 1 aromatic carbocycles. The standard InChI is InChI=1S/C16H24N4O/c1-9-7-10(2)14(13(8-9)21-6)16(18-17)15-11(3)19-20(5)12(15)4/h7-8,16,18H,17H2,1-6H3. The van der Waals surface area contributed by atoms with E-state index < -0.39 is 0 Å². The highest BCUT2D eigenvalue weighted by atomic mass is 16.5. The van der Waals surface area contributed by atoms with Crippen LogP contribution in [0.1, 0.15) is 39.7 Å². The molecule has 5 heteroatoms. The van der Waals surface area contributed by atoms with Gasteiger partial charge in [0.1, 0.15) is 5.75 Å². The molecule has 0 spiro atoms. The van der Waals surface area contributed by atoms with Gasteiger partial charge in [0.15, 0.2) is 0 Å². The van der Waals surface area contributed by atoms with E-state index in [2.05, 4.69) is 37.4 Å². The highest BCUT2D eigenvalue weighted by Gasteiger charge is 2.25. The molecule has 0 aliphatic heterocycles. The van der Waals surface area contributed by atoms with Crippen molar-refractivity contribution in [3.05, 3.63) is 45.8 Å². The number of methoxy groups -OCH3 is 1. The van der Waals surface area contributed by atoms with Gasteiger partial charge in [-0.1, -0.05) is 6.07 Å². The molecule has 1 aromatic heterocycles. The Hall–Kier alpha value is -1.85. The largest absolute Gasteiger partial charge is 0.496 e. The van der Waals surface area contributed by atoms with E-state index in [9.17, 15) is 0 Å². The van der Waals surface area contributed by atoms with Crippen LogP contribution < -0.4 is 16.0 Å². The Morgan fingerprint density at radius 1 is 1.19 bits per heavy atom. The first-order valence-electron chi connectivity index (χ1n) is 7.02. The maximum absolute atomic E-state index is 5.87. The Bertz CT molecular complexity index is 661. The second kappa shape index (κ2) is 5.87. The zero-order valence-corrected chi connectivity index (χ0v) is 13.6. The van der Waals surface area contributed by atoms with Gasteiger partial charge in [0, 0.05) is 23.9 Å². The number of nitrogens with zero attached hydrogens (tertiary/aromatic N) is 2. The van der Waals surface area contributed by atoms with Gasteiger partial charge in [-0.2, -0.15) is 5.10 Å². The average molecular weight is 288 g/mol. The molecule has 1 atom stereocenters. The molecule has 3 N–H and O–H groups in total. The summed E-state index contributed by atoms with van der Waals surface area (Å²) in [6.45, 7) is 8.19. The van der Waals surface area contributed by atoms with Gasteiger partial charge >= 0.3 is 0 Å². The van der Waals surface area contributed by atoms with E-state index in [1.165, 1.54) is 5.56 Å². The minimum atomic E-state index is -0.144. The molecule has 5 nitrogen and oxygen atoms in total. The molecule has 0 radical (unpaired) electrons. The lowest BCUT2D eigenvalue weighted by molar-refractivity contribution is 0.403. The summed E-state index contributed by atoms with van der Waals surface area (Å²) in [5.41, 5.74) is 9.48. The van der Waals surface area contributed by atoms with E-state index in [-0.39, 0.29) is 6.04 Å². The number of nitrogens with two attached hydrogens (primary N) is 1. The lowest BCUT2D eigenvalue weighted by Crippen LogP contribution is -2.30. The van der Waals surface area contributed by atoms with Crippen molar-refractivity contribution in [2.45, 2.75) is 33.7 Å². The van der Waals surface area contributed by atoms with Crippen molar-refractivity contribution in [1.82, 2.24) is 15.2 Å². The van der Waals surface area contributed by atoms with Crippen molar-refractivity contribution in [3.63, 3.8) is 0 Å². The Kier molecular flexibility index (Phi) is 4.34. The smallest absolute Gasteiger partial charge is 0.124 e. The molecule has 1 unspecified atom stereocenters. The van der Waals surface area contributed by atoms with E-state index in [0.717, 1.165) is 33.8 Å². The monoisotopic (exact) mass is 288 g/mol. The number of hydrazine groups is 1. The van der Waals surface area contributed by atoms with Crippen molar-refractivity contribution >= 4 is 0 Å². The average Bonchev–Trinajstić information content (AvgIpc) is 2.67. The molecule has 21 heavy (non-hydrogen) atoms. The van der Waals surface area contributed by atoms with Crippen LogP contribution in [0.2, 0.25) is 0 Å². The number of benzene rings is 1. The lowest BCUT2D eigenvalue weighted by atomic mass is 9.92. The first-order chi connectivity index (χ1) is 9.90. The SMILES string of the molecule is COc1cc(C)cc(C)c1C(NN)c1c(C)nn(C)c1C. The molecule has 0 aliphatic rings. The van der Waals surface area contributed by atoms with E-state index in [4.69, 9.17) is 10.6 Å². The lowest BCUT2D eigenvalue weighted by Gasteiger charge is -2.22. The Balaban J connectivity index is 2.67. The van der Waals surface area contributed by atoms with Crippen molar-refractivity contribution in [1.29, 1.82) is 0 Å². The first-order valence-corrected chi connectivity index (χ1v) is 7.02. The van der Waals surface area contributed by atoms with Crippen LogP contribution in [0.5, 0.6) is 5.75 Å². The number of rotatable bonds is 4. The van der Waals surface area contributed by atoms with Crippen LogP contribution in [0.25, 0.3) is 0 Å². The minimum absolute atomic E-state index is 0.144. The number of aromatic nitrogens is 2. The molecule has 2 rings (SSSR count). The van der Waals surface area contributed by atoms with Crippen molar-refractivity contribution in [2.75, 3.05) is 7.11 Å². The van der Waals surface area contributed by atoms with Gasteiger partial charge in [-0.05, 0) is 44.9 Å². The van der Waals surface area contributed by atoms with Gasteiger partial charge in [0.05, 0.1) is 18.8 Å². The molecule has 0 saturated heterocycles. The Labute approximate surface area is 126 Å². The first kappa shape index (κ1) is 15.5. The normalized spacial score (nSPS) is 12.5. The van der Waals surface area contributed by atoms with Crippen molar-refractivity contribution in [3.8, 4) is 5.75 Å². The summed E-state index contributed by atoms with van der Waals surface area (Å²) in [6, 6.07) is 4.03. The number of hydrogen-bond acceptors (Lipinski definition) is 4. The predicted molar refractivity (Wildman–Crippen MR) is 84.3 cm³/mol. The zero-order chi connectivity index (χ0) is 15.7. The van der Waals surface area contributed by atoms with Crippen LogP contribution in [0.4, 0.5) is 0 Å². The van der Waals surface area contributed by atoms with Crippen LogP contribution in [0.15, 0.2) is 12.1 Å². The van der Waals surface area contributed by atoms with Gasteiger partial charge in [0.2, 0.25) is 0 Å².